The van der Waals surface area contributed by atoms with Crippen molar-refractivity contribution in [2.75, 3.05) is 13.6 Å². The molecule has 0 unspecified atom stereocenters. The summed E-state index contributed by atoms with van der Waals surface area (Å²) in [5.74, 6) is 0. The van der Waals surface area contributed by atoms with Crippen molar-refractivity contribution < 1.29 is 0 Å². The molecule has 0 saturated heterocycles. The molecule has 0 aromatic rings. The Bertz CT molecular complexity index is 159. The van der Waals surface area contributed by atoms with Gasteiger partial charge in [0.15, 0.2) is 0 Å². The second-order valence-corrected chi connectivity index (χ2v) is 2.27. The largest absolute Gasteiger partial charge is 0.397 e. The van der Waals surface area contributed by atoms with Gasteiger partial charge in [0, 0.05) is 26.0 Å². The van der Waals surface area contributed by atoms with E-state index in [0.717, 1.165) is 17.8 Å². The average Bonchev–Trinajstić information content (AvgIpc) is 2.00. The van der Waals surface area contributed by atoms with E-state index < -0.39 is 0 Å². The molecular weight excluding hydrogens is 138 g/mol. The van der Waals surface area contributed by atoms with E-state index in [-0.39, 0.29) is 0 Å². The van der Waals surface area contributed by atoms with Crippen molar-refractivity contribution in [1.29, 1.82) is 0 Å². The second-order valence-electron chi connectivity index (χ2n) is 2.27. The molecule has 0 amide bonds. The summed E-state index contributed by atoms with van der Waals surface area (Å²) in [6.45, 7) is 4.88. The molecule has 0 aromatic carbocycles. The molecule has 11 heavy (non-hydrogen) atoms. The van der Waals surface area contributed by atoms with Crippen molar-refractivity contribution in [1.82, 2.24) is 10.6 Å². The Morgan fingerprint density at radius 2 is 2.09 bits per heavy atom. The Morgan fingerprint density at radius 1 is 1.45 bits per heavy atom. The molecule has 3 nitrogen and oxygen atoms in total. The Balaban J connectivity index is 4.00. The van der Waals surface area contributed by atoms with Crippen LogP contribution >= 0.6 is 0 Å². The number of allylic oxidation sites excluding steroid dienone is 1. The first-order valence-corrected chi connectivity index (χ1v) is 3.75. The van der Waals surface area contributed by atoms with E-state index in [0.29, 0.717) is 0 Å². The molecule has 0 aliphatic carbocycles. The van der Waals surface area contributed by atoms with Gasteiger partial charge in [-0.1, -0.05) is 0 Å². The lowest BCUT2D eigenvalue weighted by Crippen LogP contribution is -2.10. The Hall–Kier alpha value is -1.12. The summed E-state index contributed by atoms with van der Waals surface area (Å²) < 4.78 is 0. The van der Waals surface area contributed by atoms with Crippen molar-refractivity contribution in [2.24, 2.45) is 5.73 Å². The zero-order valence-corrected chi connectivity index (χ0v) is 7.44. The van der Waals surface area contributed by atoms with E-state index in [1.807, 2.05) is 33.3 Å². The van der Waals surface area contributed by atoms with Crippen LogP contribution in [0.2, 0.25) is 0 Å². The van der Waals surface area contributed by atoms with Gasteiger partial charge in [-0.05, 0) is 19.4 Å². The molecule has 0 rings (SSSR count). The van der Waals surface area contributed by atoms with Crippen LogP contribution < -0.4 is 16.4 Å². The smallest absolute Gasteiger partial charge is 0.0517 e. The molecule has 0 atom stereocenters. The average molecular weight is 155 g/mol. The van der Waals surface area contributed by atoms with E-state index >= 15 is 0 Å². The van der Waals surface area contributed by atoms with Crippen LogP contribution in [0.25, 0.3) is 0 Å². The van der Waals surface area contributed by atoms with Crippen LogP contribution in [0.5, 0.6) is 0 Å². The normalized spacial score (nSPS) is 13.0. The molecule has 0 aliphatic rings. The SMILES string of the molecule is CCN/C=C(N)\C(C)=C\NC. The van der Waals surface area contributed by atoms with Crippen molar-refractivity contribution in [2.45, 2.75) is 13.8 Å². The summed E-state index contributed by atoms with van der Waals surface area (Å²) in [5.41, 5.74) is 7.48. The molecular formula is C8H17N3. The van der Waals surface area contributed by atoms with E-state index in [4.69, 9.17) is 5.73 Å². The maximum absolute atomic E-state index is 5.68. The first-order valence-electron chi connectivity index (χ1n) is 3.75. The fourth-order valence-corrected chi connectivity index (χ4v) is 0.626. The highest BCUT2D eigenvalue weighted by Gasteiger charge is 1.90. The van der Waals surface area contributed by atoms with Crippen molar-refractivity contribution in [3.8, 4) is 0 Å². The highest BCUT2D eigenvalue weighted by atomic mass is 14.8. The second kappa shape index (κ2) is 5.65. The van der Waals surface area contributed by atoms with Crippen LogP contribution in [-0.2, 0) is 0 Å². The van der Waals surface area contributed by atoms with Crippen molar-refractivity contribution >= 4 is 0 Å². The topological polar surface area (TPSA) is 50.1 Å². The van der Waals surface area contributed by atoms with Crippen LogP contribution in [0.15, 0.2) is 23.7 Å². The van der Waals surface area contributed by atoms with Crippen LogP contribution in [0.4, 0.5) is 0 Å². The van der Waals surface area contributed by atoms with Crippen LogP contribution in [0.1, 0.15) is 13.8 Å². The summed E-state index contributed by atoms with van der Waals surface area (Å²) in [7, 11) is 1.85. The van der Waals surface area contributed by atoms with Gasteiger partial charge in [0.05, 0.1) is 5.70 Å². The van der Waals surface area contributed by atoms with Gasteiger partial charge in [0.1, 0.15) is 0 Å². The predicted octanol–water partition coefficient (Wildman–Crippen LogP) is 0.519. The number of nitrogens with one attached hydrogen (secondary N) is 2. The molecule has 0 heterocycles. The number of rotatable bonds is 4. The molecule has 0 saturated carbocycles. The highest BCUT2D eigenvalue weighted by molar-refractivity contribution is 5.24. The summed E-state index contributed by atoms with van der Waals surface area (Å²) >= 11 is 0. The van der Waals surface area contributed by atoms with Crippen molar-refractivity contribution in [3.05, 3.63) is 23.7 Å². The van der Waals surface area contributed by atoms with Crippen LogP contribution in [0.3, 0.4) is 0 Å². The van der Waals surface area contributed by atoms with Gasteiger partial charge in [-0.3, -0.25) is 0 Å². The number of nitrogens with two attached hydrogens (primary N) is 1. The first-order chi connectivity index (χ1) is 5.22. The monoisotopic (exact) mass is 155 g/mol. The molecule has 3 heteroatoms. The molecule has 0 aliphatic heterocycles. The third kappa shape index (κ3) is 4.31. The summed E-state index contributed by atoms with van der Waals surface area (Å²) in [6, 6.07) is 0. The van der Waals surface area contributed by atoms with Gasteiger partial charge in [0.2, 0.25) is 0 Å². The Kier molecular flexibility index (Phi) is 5.07. The molecule has 0 radical (unpaired) electrons. The van der Waals surface area contributed by atoms with E-state index in [2.05, 4.69) is 10.6 Å². The minimum atomic E-state index is 0.765. The van der Waals surface area contributed by atoms with Gasteiger partial charge in [-0.25, -0.2) is 0 Å². The van der Waals surface area contributed by atoms with Gasteiger partial charge < -0.3 is 16.4 Å². The standard InChI is InChI=1S/C8H17N3/c1-4-11-6-8(9)7(2)5-10-3/h5-6,10-11H,4,9H2,1-3H3/b7-5+,8-6+. The molecule has 0 spiro atoms. The Morgan fingerprint density at radius 3 is 2.55 bits per heavy atom. The van der Waals surface area contributed by atoms with Gasteiger partial charge in [-0.15, -0.1) is 0 Å². The van der Waals surface area contributed by atoms with Crippen LogP contribution in [-0.4, -0.2) is 13.6 Å². The zero-order valence-electron chi connectivity index (χ0n) is 7.44. The van der Waals surface area contributed by atoms with E-state index in [1.54, 1.807) is 0 Å². The molecule has 0 fully saturated rings. The van der Waals surface area contributed by atoms with E-state index in [9.17, 15) is 0 Å². The highest BCUT2D eigenvalue weighted by Crippen LogP contribution is 1.98. The lowest BCUT2D eigenvalue weighted by molar-refractivity contribution is 0.904. The van der Waals surface area contributed by atoms with Crippen LogP contribution in [0, 0.1) is 0 Å². The lowest BCUT2D eigenvalue weighted by atomic mass is 10.2. The van der Waals surface area contributed by atoms with Gasteiger partial charge in [0.25, 0.3) is 0 Å². The molecule has 0 bridgehead atoms. The third-order valence-electron chi connectivity index (χ3n) is 1.28. The summed E-state index contributed by atoms with van der Waals surface area (Å²) in [5, 5.41) is 5.95. The quantitative estimate of drug-likeness (QED) is 0.519. The number of hydrogen-bond donors (Lipinski definition) is 3. The lowest BCUT2D eigenvalue weighted by Gasteiger charge is -2.01. The predicted molar refractivity (Wildman–Crippen MR) is 48.8 cm³/mol. The summed E-state index contributed by atoms with van der Waals surface area (Å²) in [6.07, 6.45) is 3.67. The Labute approximate surface area is 68.4 Å². The van der Waals surface area contributed by atoms with Gasteiger partial charge >= 0.3 is 0 Å². The zero-order chi connectivity index (χ0) is 8.69. The fraction of sp³-hybridized carbons (Fsp3) is 0.500. The summed E-state index contributed by atoms with van der Waals surface area (Å²) in [4.78, 5) is 0. The third-order valence-corrected chi connectivity index (χ3v) is 1.28. The van der Waals surface area contributed by atoms with Gasteiger partial charge in [-0.2, -0.15) is 0 Å². The maximum Gasteiger partial charge on any atom is 0.0517 e. The molecule has 0 aromatic heterocycles. The minimum Gasteiger partial charge on any atom is -0.397 e. The minimum absolute atomic E-state index is 0.765. The fourth-order valence-electron chi connectivity index (χ4n) is 0.626. The molecule has 4 N–H and O–H groups in total. The number of hydrogen-bond acceptors (Lipinski definition) is 3. The van der Waals surface area contributed by atoms with E-state index in [1.165, 1.54) is 0 Å². The first kappa shape index (κ1) is 9.88. The maximum atomic E-state index is 5.68. The van der Waals surface area contributed by atoms with Crippen molar-refractivity contribution in [3.63, 3.8) is 0 Å². The molecule has 64 valence electrons.